The monoisotopic (exact) mass is 308 g/mol. The van der Waals surface area contributed by atoms with Crippen molar-refractivity contribution in [3.8, 4) is 0 Å². The molecule has 4 rings (SSSR count). The van der Waals surface area contributed by atoms with E-state index in [9.17, 15) is 9.59 Å². The van der Waals surface area contributed by atoms with Crippen LogP contribution in [-0.2, 0) is 16.0 Å². The van der Waals surface area contributed by atoms with Crippen molar-refractivity contribution >= 4 is 11.6 Å². The van der Waals surface area contributed by atoms with Crippen LogP contribution in [0, 0.1) is 11.3 Å². The van der Waals surface area contributed by atoms with E-state index < -0.39 is 0 Å². The fourth-order valence-corrected chi connectivity index (χ4v) is 5.28. The molecule has 0 spiro atoms. The number of hydrogen-bond donors (Lipinski definition) is 0. The molecule has 0 radical (unpaired) electrons. The van der Waals surface area contributed by atoms with Crippen LogP contribution in [0.15, 0.2) is 41.5 Å². The summed E-state index contributed by atoms with van der Waals surface area (Å²) in [6.07, 6.45) is 7.93. The fraction of sp³-hybridized carbons (Fsp3) is 0.524. The van der Waals surface area contributed by atoms with Gasteiger partial charge in [0, 0.05) is 25.7 Å². The average molecular weight is 308 g/mol. The lowest BCUT2D eigenvalue weighted by Crippen LogP contribution is -2.44. The van der Waals surface area contributed by atoms with E-state index in [0.717, 1.165) is 38.5 Å². The molecule has 0 heterocycles. The second-order valence-corrected chi connectivity index (χ2v) is 7.59. The molecule has 0 amide bonds. The first-order valence-corrected chi connectivity index (χ1v) is 8.96. The number of carbonyl (C=O) groups is 2. The van der Waals surface area contributed by atoms with Crippen LogP contribution in [0.2, 0.25) is 0 Å². The average Bonchev–Trinajstić information content (AvgIpc) is 2.56. The van der Waals surface area contributed by atoms with Crippen molar-refractivity contribution in [1.29, 1.82) is 0 Å². The molecule has 0 aromatic heterocycles. The lowest BCUT2D eigenvalue weighted by atomic mass is 9.53. The van der Waals surface area contributed by atoms with E-state index in [4.69, 9.17) is 0 Å². The molecule has 1 saturated carbocycles. The Morgan fingerprint density at radius 2 is 1.78 bits per heavy atom. The normalized spacial score (nSPS) is 30.9. The lowest BCUT2D eigenvalue weighted by Gasteiger charge is -2.51. The first kappa shape index (κ1) is 14.9. The first-order chi connectivity index (χ1) is 11.2. The van der Waals surface area contributed by atoms with Crippen molar-refractivity contribution < 1.29 is 9.59 Å². The molecular weight excluding hydrogens is 284 g/mol. The minimum atomic E-state index is 0.142. The van der Waals surface area contributed by atoms with Gasteiger partial charge in [0.2, 0.25) is 0 Å². The van der Waals surface area contributed by atoms with Crippen molar-refractivity contribution in [2.45, 2.75) is 57.8 Å². The predicted octanol–water partition coefficient (Wildman–Crippen LogP) is 4.43. The summed E-state index contributed by atoms with van der Waals surface area (Å²) in [5.74, 6) is 1.33. The zero-order valence-electron chi connectivity index (χ0n) is 13.6. The van der Waals surface area contributed by atoms with Crippen LogP contribution < -0.4 is 0 Å². The SMILES string of the molecule is O=C1CCC2=C(CC[C@@H]3CC(=O)CC[C@@]23Cc2ccccc2)C1. The van der Waals surface area contributed by atoms with Crippen LogP contribution in [0.4, 0.5) is 0 Å². The van der Waals surface area contributed by atoms with Crippen molar-refractivity contribution in [3.05, 3.63) is 47.0 Å². The molecule has 0 saturated heterocycles. The molecule has 1 aromatic rings. The third-order valence-electron chi connectivity index (χ3n) is 6.35. The number of ketones is 2. The van der Waals surface area contributed by atoms with E-state index in [1.54, 1.807) is 5.57 Å². The molecule has 0 aliphatic heterocycles. The Morgan fingerprint density at radius 1 is 0.957 bits per heavy atom. The number of benzene rings is 1. The summed E-state index contributed by atoms with van der Waals surface area (Å²) in [7, 11) is 0. The van der Waals surface area contributed by atoms with Crippen LogP contribution in [-0.4, -0.2) is 11.6 Å². The number of Topliss-reactive ketones (excluding diaryl/α,β-unsaturated/α-hetero) is 2. The zero-order chi connectivity index (χ0) is 15.9. The molecule has 0 N–H and O–H groups in total. The minimum Gasteiger partial charge on any atom is -0.300 e. The van der Waals surface area contributed by atoms with Gasteiger partial charge in [0.05, 0.1) is 0 Å². The Hall–Kier alpha value is -1.70. The van der Waals surface area contributed by atoms with Crippen molar-refractivity contribution in [1.82, 2.24) is 0 Å². The molecule has 23 heavy (non-hydrogen) atoms. The molecule has 120 valence electrons. The highest BCUT2D eigenvalue weighted by Crippen LogP contribution is 2.57. The minimum absolute atomic E-state index is 0.142. The maximum absolute atomic E-state index is 12.1. The molecule has 0 unspecified atom stereocenters. The Morgan fingerprint density at radius 3 is 2.61 bits per heavy atom. The van der Waals surface area contributed by atoms with Crippen LogP contribution in [0.1, 0.15) is 56.9 Å². The third kappa shape index (κ3) is 2.58. The molecular formula is C21H24O2. The molecule has 2 heteroatoms. The summed E-state index contributed by atoms with van der Waals surface area (Å²) in [6.45, 7) is 0. The van der Waals surface area contributed by atoms with Crippen molar-refractivity contribution in [3.63, 3.8) is 0 Å². The maximum Gasteiger partial charge on any atom is 0.137 e. The highest BCUT2D eigenvalue weighted by Gasteiger charge is 2.49. The molecule has 1 aromatic carbocycles. The summed E-state index contributed by atoms with van der Waals surface area (Å²) in [5, 5.41) is 0. The summed E-state index contributed by atoms with van der Waals surface area (Å²) >= 11 is 0. The molecule has 3 aliphatic rings. The van der Waals surface area contributed by atoms with Gasteiger partial charge in [-0.3, -0.25) is 9.59 Å². The van der Waals surface area contributed by atoms with Gasteiger partial charge in [0.15, 0.2) is 0 Å². The number of carbonyl (C=O) groups excluding carboxylic acids is 2. The van der Waals surface area contributed by atoms with E-state index >= 15 is 0 Å². The quantitative estimate of drug-likeness (QED) is 0.758. The zero-order valence-corrected chi connectivity index (χ0v) is 13.6. The Labute approximate surface area is 138 Å². The standard InChI is InChI=1S/C21H24O2/c22-18-8-9-20-16(12-18)6-7-17-13-19(23)10-11-21(17,20)14-15-4-2-1-3-5-15/h1-5,17H,6-14H2/t17-,21+/m1/s1. The van der Waals surface area contributed by atoms with Crippen molar-refractivity contribution in [2.24, 2.45) is 11.3 Å². The van der Waals surface area contributed by atoms with Crippen LogP contribution in [0.3, 0.4) is 0 Å². The first-order valence-electron chi connectivity index (χ1n) is 8.96. The number of rotatable bonds is 2. The summed E-state index contributed by atoms with van der Waals surface area (Å²) in [6, 6.07) is 10.7. The Kier molecular flexibility index (Phi) is 3.71. The molecule has 3 aliphatic carbocycles. The van der Waals surface area contributed by atoms with Gasteiger partial charge < -0.3 is 0 Å². The highest BCUT2D eigenvalue weighted by atomic mass is 16.1. The van der Waals surface area contributed by atoms with Crippen LogP contribution >= 0.6 is 0 Å². The van der Waals surface area contributed by atoms with Gasteiger partial charge in [0.1, 0.15) is 11.6 Å². The fourth-order valence-electron chi connectivity index (χ4n) is 5.28. The van der Waals surface area contributed by atoms with Gasteiger partial charge in [0.25, 0.3) is 0 Å². The van der Waals surface area contributed by atoms with E-state index in [0.29, 0.717) is 36.7 Å². The van der Waals surface area contributed by atoms with Gasteiger partial charge in [-0.25, -0.2) is 0 Å². The van der Waals surface area contributed by atoms with Gasteiger partial charge in [-0.05, 0) is 49.0 Å². The molecule has 2 nitrogen and oxygen atoms in total. The van der Waals surface area contributed by atoms with Crippen molar-refractivity contribution in [2.75, 3.05) is 0 Å². The van der Waals surface area contributed by atoms with E-state index in [1.165, 1.54) is 11.1 Å². The van der Waals surface area contributed by atoms with Gasteiger partial charge >= 0.3 is 0 Å². The second-order valence-electron chi connectivity index (χ2n) is 7.59. The topological polar surface area (TPSA) is 34.1 Å². The van der Waals surface area contributed by atoms with E-state index in [2.05, 4.69) is 30.3 Å². The second kappa shape index (κ2) is 5.74. The number of fused-ring (bicyclic) bond motifs is 2. The van der Waals surface area contributed by atoms with Crippen LogP contribution in [0.25, 0.3) is 0 Å². The summed E-state index contributed by atoms with van der Waals surface area (Å²) in [4.78, 5) is 24.0. The van der Waals surface area contributed by atoms with Gasteiger partial charge in [-0.2, -0.15) is 0 Å². The smallest absolute Gasteiger partial charge is 0.137 e. The van der Waals surface area contributed by atoms with Crippen LogP contribution in [0.5, 0.6) is 0 Å². The largest absolute Gasteiger partial charge is 0.300 e. The molecule has 0 bridgehead atoms. The predicted molar refractivity (Wildman–Crippen MR) is 90.0 cm³/mol. The Bertz CT molecular complexity index is 670. The summed E-state index contributed by atoms with van der Waals surface area (Å²) < 4.78 is 0. The number of hydrogen-bond acceptors (Lipinski definition) is 2. The van der Waals surface area contributed by atoms with E-state index in [1.807, 2.05) is 0 Å². The molecule has 1 fully saturated rings. The maximum atomic E-state index is 12.1. The van der Waals surface area contributed by atoms with Gasteiger partial charge in [-0.15, -0.1) is 0 Å². The highest BCUT2D eigenvalue weighted by molar-refractivity contribution is 5.84. The molecule has 2 atom stereocenters. The van der Waals surface area contributed by atoms with E-state index in [-0.39, 0.29) is 5.41 Å². The number of allylic oxidation sites excluding steroid dienone is 2. The third-order valence-corrected chi connectivity index (χ3v) is 6.35. The lowest BCUT2D eigenvalue weighted by molar-refractivity contribution is -0.125. The summed E-state index contributed by atoms with van der Waals surface area (Å²) in [5.41, 5.74) is 4.49. The Balaban J connectivity index is 1.76. The van der Waals surface area contributed by atoms with Gasteiger partial charge in [-0.1, -0.05) is 41.5 Å².